The van der Waals surface area contributed by atoms with Crippen LogP contribution in [0.4, 0.5) is 5.69 Å². The van der Waals surface area contributed by atoms with Crippen LogP contribution in [0.1, 0.15) is 36.8 Å². The van der Waals surface area contributed by atoms with E-state index in [0.717, 1.165) is 22.4 Å². The quantitative estimate of drug-likeness (QED) is 0.437. The first-order valence-corrected chi connectivity index (χ1v) is 11.3. The molecule has 0 saturated carbocycles. The highest BCUT2D eigenvalue weighted by Gasteiger charge is 2.40. The van der Waals surface area contributed by atoms with E-state index in [2.05, 4.69) is 5.32 Å². The average Bonchev–Trinajstić information content (AvgIpc) is 3.20. The summed E-state index contributed by atoms with van der Waals surface area (Å²) in [5.74, 6) is 0.434. The number of amides is 2. The molecule has 0 bridgehead atoms. The van der Waals surface area contributed by atoms with Crippen molar-refractivity contribution in [1.82, 2.24) is 14.5 Å². The van der Waals surface area contributed by atoms with Gasteiger partial charge in [-0.25, -0.2) is 4.98 Å². The zero-order valence-electron chi connectivity index (χ0n) is 18.1. The molecular formula is C26H23ClN4O2. The number of para-hydroxylation sites is 2. The number of nitrogens with zero attached hydrogens (tertiary/aromatic N) is 3. The van der Waals surface area contributed by atoms with Crippen molar-refractivity contribution in [2.24, 2.45) is 0 Å². The van der Waals surface area contributed by atoms with Crippen molar-refractivity contribution in [3.05, 3.63) is 95.3 Å². The Hall–Kier alpha value is -3.64. The van der Waals surface area contributed by atoms with Gasteiger partial charge in [-0.15, -0.1) is 0 Å². The Morgan fingerprint density at radius 1 is 1.03 bits per heavy atom. The van der Waals surface area contributed by atoms with E-state index >= 15 is 0 Å². The fourth-order valence-corrected chi connectivity index (χ4v) is 4.64. The molecule has 1 aromatic heterocycles. The minimum absolute atomic E-state index is 0.00326. The number of hydrogen-bond acceptors (Lipinski definition) is 3. The number of carbonyl (C=O) groups is 2. The number of hydrogen-bond donors (Lipinski definition) is 1. The molecule has 4 aromatic rings. The monoisotopic (exact) mass is 458 g/mol. The Labute approximate surface area is 196 Å². The summed E-state index contributed by atoms with van der Waals surface area (Å²) >= 11 is 6.05. The minimum Gasteiger partial charge on any atom is -0.327 e. The largest absolute Gasteiger partial charge is 0.327 e. The minimum atomic E-state index is -0.688. The summed E-state index contributed by atoms with van der Waals surface area (Å²) in [6.07, 6.45) is -0.00326. The van der Waals surface area contributed by atoms with E-state index in [1.54, 1.807) is 24.3 Å². The van der Waals surface area contributed by atoms with Crippen LogP contribution in [0.5, 0.6) is 0 Å². The van der Waals surface area contributed by atoms with Crippen molar-refractivity contribution in [2.45, 2.75) is 32.0 Å². The van der Waals surface area contributed by atoms with Gasteiger partial charge in [0, 0.05) is 17.3 Å². The van der Waals surface area contributed by atoms with Crippen molar-refractivity contribution < 1.29 is 9.59 Å². The number of halogens is 1. The van der Waals surface area contributed by atoms with Crippen molar-refractivity contribution >= 4 is 40.1 Å². The summed E-state index contributed by atoms with van der Waals surface area (Å²) in [6.45, 7) is 2.44. The van der Waals surface area contributed by atoms with Gasteiger partial charge in [0.1, 0.15) is 11.9 Å². The standard InChI is InChI=1S/C26H23ClN4O2/c1-17-25-29-21-12-5-6-13-22(21)31(25)23(15-24(32)28-20-11-7-10-19(27)14-20)26(33)30(17)16-18-8-3-2-4-9-18/h2-14,17,23H,15-16H2,1H3,(H,28,32)/t17-,23-/m1/s1. The number of aromatic nitrogens is 2. The van der Waals surface area contributed by atoms with Gasteiger partial charge in [-0.1, -0.05) is 60.1 Å². The number of imidazole rings is 1. The Morgan fingerprint density at radius 2 is 1.79 bits per heavy atom. The maximum absolute atomic E-state index is 13.8. The fraction of sp³-hybridized carbons (Fsp3) is 0.192. The van der Waals surface area contributed by atoms with Crippen LogP contribution in [0.3, 0.4) is 0 Å². The summed E-state index contributed by atoms with van der Waals surface area (Å²) in [5.41, 5.74) is 3.30. The topological polar surface area (TPSA) is 67.2 Å². The molecule has 3 aromatic carbocycles. The Kier molecular flexibility index (Phi) is 5.60. The van der Waals surface area contributed by atoms with Crippen molar-refractivity contribution in [1.29, 1.82) is 0 Å². The number of benzene rings is 3. The van der Waals surface area contributed by atoms with Crippen LogP contribution in [0.25, 0.3) is 11.0 Å². The van der Waals surface area contributed by atoms with Gasteiger partial charge < -0.3 is 14.8 Å². The van der Waals surface area contributed by atoms with E-state index in [4.69, 9.17) is 16.6 Å². The zero-order valence-corrected chi connectivity index (χ0v) is 18.9. The number of anilines is 1. The van der Waals surface area contributed by atoms with E-state index in [-0.39, 0.29) is 24.3 Å². The van der Waals surface area contributed by atoms with Crippen LogP contribution in [-0.4, -0.2) is 26.3 Å². The lowest BCUT2D eigenvalue weighted by Crippen LogP contribution is -2.45. The Balaban J connectivity index is 1.51. The summed E-state index contributed by atoms with van der Waals surface area (Å²) < 4.78 is 1.93. The number of nitrogens with one attached hydrogen (secondary N) is 1. The number of fused-ring (bicyclic) bond motifs is 3. The molecule has 2 heterocycles. The molecule has 2 amide bonds. The van der Waals surface area contributed by atoms with Crippen molar-refractivity contribution in [3.8, 4) is 0 Å². The normalized spacial score (nSPS) is 17.8. The molecule has 7 heteroatoms. The molecule has 0 aliphatic carbocycles. The van der Waals surface area contributed by atoms with Gasteiger partial charge >= 0.3 is 0 Å². The first-order chi connectivity index (χ1) is 16.0. The van der Waals surface area contributed by atoms with E-state index in [9.17, 15) is 9.59 Å². The van der Waals surface area contributed by atoms with Gasteiger partial charge in [0.2, 0.25) is 11.8 Å². The fourth-order valence-electron chi connectivity index (χ4n) is 4.44. The van der Waals surface area contributed by atoms with Gasteiger partial charge in [0.25, 0.3) is 0 Å². The van der Waals surface area contributed by atoms with Crippen molar-refractivity contribution in [2.75, 3.05) is 5.32 Å². The third kappa shape index (κ3) is 4.10. The second kappa shape index (κ2) is 8.71. The number of rotatable bonds is 5. The van der Waals surface area contributed by atoms with Crippen LogP contribution in [0, 0.1) is 0 Å². The molecule has 0 saturated heterocycles. The summed E-state index contributed by atoms with van der Waals surface area (Å²) in [7, 11) is 0. The SMILES string of the molecule is C[C@@H]1c2nc3ccccc3n2[C@H](CC(=O)Nc2cccc(Cl)c2)C(=O)N1Cc1ccccc1. The van der Waals surface area contributed by atoms with E-state index in [0.29, 0.717) is 17.3 Å². The highest BCUT2D eigenvalue weighted by Crippen LogP contribution is 2.37. The van der Waals surface area contributed by atoms with Crippen LogP contribution >= 0.6 is 11.6 Å². The average molecular weight is 459 g/mol. The van der Waals surface area contributed by atoms with Gasteiger partial charge in [0.05, 0.1) is 23.5 Å². The van der Waals surface area contributed by atoms with Gasteiger partial charge in [-0.2, -0.15) is 0 Å². The lowest BCUT2D eigenvalue weighted by Gasteiger charge is -2.38. The molecule has 0 fully saturated rings. The Bertz CT molecular complexity index is 1330. The number of carbonyl (C=O) groups excluding carboxylic acids is 2. The molecule has 6 nitrogen and oxygen atoms in total. The van der Waals surface area contributed by atoms with Crippen LogP contribution in [0.2, 0.25) is 5.02 Å². The summed E-state index contributed by atoms with van der Waals surface area (Å²) in [4.78, 5) is 33.4. The maximum atomic E-state index is 13.8. The molecular weight excluding hydrogens is 436 g/mol. The lowest BCUT2D eigenvalue weighted by atomic mass is 10.0. The van der Waals surface area contributed by atoms with Gasteiger partial charge in [-0.3, -0.25) is 9.59 Å². The summed E-state index contributed by atoms with van der Waals surface area (Å²) in [6, 6.07) is 23.7. The van der Waals surface area contributed by atoms with Gasteiger partial charge in [-0.05, 0) is 42.8 Å². The molecule has 5 rings (SSSR count). The first kappa shape index (κ1) is 21.2. The molecule has 2 atom stereocenters. The second-order valence-electron chi connectivity index (χ2n) is 8.23. The molecule has 0 unspecified atom stereocenters. The predicted molar refractivity (Wildman–Crippen MR) is 129 cm³/mol. The van der Waals surface area contributed by atoms with Gasteiger partial charge in [0.15, 0.2) is 0 Å². The predicted octanol–water partition coefficient (Wildman–Crippen LogP) is 5.36. The molecule has 1 aliphatic rings. The molecule has 1 N–H and O–H groups in total. The Morgan fingerprint density at radius 3 is 2.58 bits per heavy atom. The second-order valence-corrected chi connectivity index (χ2v) is 8.67. The maximum Gasteiger partial charge on any atom is 0.247 e. The first-order valence-electron chi connectivity index (χ1n) is 10.9. The van der Waals surface area contributed by atoms with E-state index in [1.807, 2.05) is 71.0 Å². The third-order valence-electron chi connectivity index (χ3n) is 6.03. The van der Waals surface area contributed by atoms with Crippen molar-refractivity contribution in [3.63, 3.8) is 0 Å². The van der Waals surface area contributed by atoms with Crippen LogP contribution < -0.4 is 5.32 Å². The lowest BCUT2D eigenvalue weighted by molar-refractivity contribution is -0.142. The van der Waals surface area contributed by atoms with Crippen LogP contribution in [-0.2, 0) is 16.1 Å². The van der Waals surface area contributed by atoms with E-state index in [1.165, 1.54) is 0 Å². The highest BCUT2D eigenvalue weighted by atomic mass is 35.5. The van der Waals surface area contributed by atoms with Crippen LogP contribution in [0.15, 0.2) is 78.9 Å². The zero-order chi connectivity index (χ0) is 22.9. The summed E-state index contributed by atoms with van der Waals surface area (Å²) in [5, 5.41) is 3.40. The highest BCUT2D eigenvalue weighted by molar-refractivity contribution is 6.30. The van der Waals surface area contributed by atoms with E-state index < -0.39 is 6.04 Å². The molecule has 166 valence electrons. The molecule has 0 radical (unpaired) electrons. The third-order valence-corrected chi connectivity index (χ3v) is 6.26. The molecule has 0 spiro atoms. The smallest absolute Gasteiger partial charge is 0.247 e. The molecule has 33 heavy (non-hydrogen) atoms. The molecule has 1 aliphatic heterocycles.